The topological polar surface area (TPSA) is 92.4 Å². The van der Waals surface area contributed by atoms with E-state index in [-0.39, 0.29) is 17.2 Å². The van der Waals surface area contributed by atoms with E-state index in [2.05, 4.69) is 5.32 Å². The molecule has 0 radical (unpaired) electrons. The number of anilines is 1. The Balaban J connectivity index is 2.99. The van der Waals surface area contributed by atoms with Gasteiger partial charge in [-0.05, 0) is 24.1 Å². The van der Waals surface area contributed by atoms with Gasteiger partial charge >= 0.3 is 5.97 Å². The molecule has 0 saturated heterocycles. The molecule has 0 aromatic heterocycles. The van der Waals surface area contributed by atoms with E-state index < -0.39 is 17.9 Å². The van der Waals surface area contributed by atoms with Crippen LogP contribution >= 0.6 is 11.6 Å². The molecule has 1 aromatic carbocycles. The van der Waals surface area contributed by atoms with Crippen LogP contribution < -0.4 is 11.1 Å². The summed E-state index contributed by atoms with van der Waals surface area (Å²) < 4.78 is 0. The normalized spacial score (nSPS) is 12.3. The predicted octanol–water partition coefficient (Wildman–Crippen LogP) is 1.96. The molecule has 0 unspecified atom stereocenters. The van der Waals surface area contributed by atoms with E-state index in [0.29, 0.717) is 5.02 Å². The van der Waals surface area contributed by atoms with E-state index in [4.69, 9.17) is 22.4 Å². The molecule has 1 aromatic rings. The third kappa shape index (κ3) is 3.45. The zero-order valence-corrected chi connectivity index (χ0v) is 10.9. The molecule has 0 aliphatic rings. The van der Waals surface area contributed by atoms with Crippen LogP contribution in [0.2, 0.25) is 5.02 Å². The summed E-state index contributed by atoms with van der Waals surface area (Å²) in [6, 6.07) is 3.46. The fourth-order valence-corrected chi connectivity index (χ4v) is 1.50. The molecule has 0 aliphatic carbocycles. The minimum Gasteiger partial charge on any atom is -0.478 e. The lowest BCUT2D eigenvalue weighted by Crippen LogP contribution is -2.40. The molecular weight excluding hydrogens is 256 g/mol. The van der Waals surface area contributed by atoms with Gasteiger partial charge in [0.2, 0.25) is 5.91 Å². The van der Waals surface area contributed by atoms with Crippen molar-refractivity contribution in [3.05, 3.63) is 28.8 Å². The SMILES string of the molecule is CC(C)[C@H](N)C(=O)Nc1cc(Cl)ccc1C(=O)O. The maximum absolute atomic E-state index is 11.8. The minimum atomic E-state index is -1.14. The molecular formula is C12H15ClN2O3. The van der Waals surface area contributed by atoms with Crippen molar-refractivity contribution in [2.75, 3.05) is 5.32 Å². The van der Waals surface area contributed by atoms with Crippen molar-refractivity contribution < 1.29 is 14.7 Å². The van der Waals surface area contributed by atoms with Crippen molar-refractivity contribution in [1.29, 1.82) is 0 Å². The van der Waals surface area contributed by atoms with Gasteiger partial charge in [0.25, 0.3) is 0 Å². The Morgan fingerprint density at radius 1 is 1.39 bits per heavy atom. The molecule has 0 fully saturated rings. The molecule has 0 saturated carbocycles. The zero-order chi connectivity index (χ0) is 13.9. The third-order valence-electron chi connectivity index (χ3n) is 2.49. The number of hydrogen-bond acceptors (Lipinski definition) is 3. The first-order valence-electron chi connectivity index (χ1n) is 5.42. The van der Waals surface area contributed by atoms with Crippen LogP contribution in [-0.4, -0.2) is 23.0 Å². The number of nitrogens with one attached hydrogen (secondary N) is 1. The zero-order valence-electron chi connectivity index (χ0n) is 10.1. The highest BCUT2D eigenvalue weighted by Crippen LogP contribution is 2.21. The van der Waals surface area contributed by atoms with Crippen molar-refractivity contribution in [2.24, 2.45) is 11.7 Å². The summed E-state index contributed by atoms with van der Waals surface area (Å²) in [5, 5.41) is 11.8. The minimum absolute atomic E-state index is 0.0243. The summed E-state index contributed by atoms with van der Waals surface area (Å²) in [7, 11) is 0. The Hall–Kier alpha value is -1.59. The van der Waals surface area contributed by atoms with Crippen molar-refractivity contribution >= 4 is 29.2 Å². The molecule has 6 heteroatoms. The van der Waals surface area contributed by atoms with E-state index in [1.807, 2.05) is 0 Å². The molecule has 0 spiro atoms. The number of hydrogen-bond donors (Lipinski definition) is 3. The Labute approximate surface area is 110 Å². The van der Waals surface area contributed by atoms with Crippen LogP contribution in [0.3, 0.4) is 0 Å². The highest BCUT2D eigenvalue weighted by Gasteiger charge is 2.19. The van der Waals surface area contributed by atoms with Crippen molar-refractivity contribution in [1.82, 2.24) is 0 Å². The van der Waals surface area contributed by atoms with E-state index in [1.165, 1.54) is 18.2 Å². The highest BCUT2D eigenvalue weighted by atomic mass is 35.5. The van der Waals surface area contributed by atoms with Gasteiger partial charge in [0.05, 0.1) is 17.3 Å². The second-order valence-corrected chi connectivity index (χ2v) is 4.69. The number of benzene rings is 1. The molecule has 1 rings (SSSR count). The van der Waals surface area contributed by atoms with Crippen molar-refractivity contribution in [3.63, 3.8) is 0 Å². The number of aromatic carboxylic acids is 1. The number of amides is 1. The molecule has 1 atom stereocenters. The summed E-state index contributed by atoms with van der Waals surface area (Å²) in [6.07, 6.45) is 0. The maximum Gasteiger partial charge on any atom is 0.337 e. The summed E-state index contributed by atoms with van der Waals surface area (Å²) in [4.78, 5) is 22.8. The Morgan fingerprint density at radius 3 is 2.50 bits per heavy atom. The Morgan fingerprint density at radius 2 is 2.00 bits per heavy atom. The van der Waals surface area contributed by atoms with Crippen LogP contribution in [0, 0.1) is 5.92 Å². The van der Waals surface area contributed by atoms with Crippen molar-refractivity contribution in [3.8, 4) is 0 Å². The maximum atomic E-state index is 11.8. The monoisotopic (exact) mass is 270 g/mol. The fraction of sp³-hybridized carbons (Fsp3) is 0.333. The highest BCUT2D eigenvalue weighted by molar-refractivity contribution is 6.31. The number of rotatable bonds is 4. The summed E-state index contributed by atoms with van der Waals surface area (Å²) in [5.74, 6) is -1.62. The smallest absolute Gasteiger partial charge is 0.337 e. The van der Waals surface area contributed by atoms with Gasteiger partial charge in [-0.2, -0.15) is 0 Å². The average molecular weight is 271 g/mol. The van der Waals surface area contributed by atoms with Gasteiger partial charge in [0.15, 0.2) is 0 Å². The average Bonchev–Trinajstić information content (AvgIpc) is 2.27. The first-order chi connectivity index (χ1) is 8.32. The van der Waals surface area contributed by atoms with Gasteiger partial charge < -0.3 is 16.2 Å². The number of halogens is 1. The number of carbonyl (C=O) groups is 2. The van der Waals surface area contributed by atoms with E-state index in [1.54, 1.807) is 13.8 Å². The van der Waals surface area contributed by atoms with Crippen LogP contribution in [0.4, 0.5) is 5.69 Å². The predicted molar refractivity (Wildman–Crippen MR) is 69.9 cm³/mol. The first kappa shape index (κ1) is 14.5. The summed E-state index contributed by atoms with van der Waals surface area (Å²) >= 11 is 5.77. The number of carboxylic acids is 1. The number of carbonyl (C=O) groups excluding carboxylic acids is 1. The van der Waals surface area contributed by atoms with E-state index in [0.717, 1.165) is 0 Å². The lowest BCUT2D eigenvalue weighted by Gasteiger charge is -2.16. The van der Waals surface area contributed by atoms with Crippen LogP contribution in [0.25, 0.3) is 0 Å². The second-order valence-electron chi connectivity index (χ2n) is 4.25. The molecule has 18 heavy (non-hydrogen) atoms. The van der Waals surface area contributed by atoms with Gasteiger partial charge in [-0.1, -0.05) is 25.4 Å². The molecule has 0 aliphatic heterocycles. The summed E-state index contributed by atoms with van der Waals surface area (Å²) in [5.41, 5.74) is 5.80. The molecule has 5 nitrogen and oxygen atoms in total. The molecule has 0 heterocycles. The van der Waals surface area contributed by atoms with Crippen LogP contribution in [-0.2, 0) is 4.79 Å². The van der Waals surface area contributed by atoms with Crippen LogP contribution in [0.5, 0.6) is 0 Å². The van der Waals surface area contributed by atoms with Gasteiger partial charge in [-0.25, -0.2) is 4.79 Å². The molecule has 1 amide bonds. The number of carboxylic acid groups (broad SMARTS) is 1. The Kier molecular flexibility index (Phi) is 4.69. The second kappa shape index (κ2) is 5.84. The Bertz CT molecular complexity index is 474. The lowest BCUT2D eigenvalue weighted by molar-refractivity contribution is -0.118. The van der Waals surface area contributed by atoms with Crippen LogP contribution in [0.1, 0.15) is 24.2 Å². The van der Waals surface area contributed by atoms with Crippen molar-refractivity contribution in [2.45, 2.75) is 19.9 Å². The van der Waals surface area contributed by atoms with Gasteiger partial charge in [0.1, 0.15) is 0 Å². The van der Waals surface area contributed by atoms with Crippen LogP contribution in [0.15, 0.2) is 18.2 Å². The van der Waals surface area contributed by atoms with Gasteiger partial charge in [0, 0.05) is 5.02 Å². The van der Waals surface area contributed by atoms with Gasteiger partial charge in [-0.15, -0.1) is 0 Å². The van der Waals surface area contributed by atoms with E-state index >= 15 is 0 Å². The van der Waals surface area contributed by atoms with E-state index in [9.17, 15) is 9.59 Å². The fourth-order valence-electron chi connectivity index (χ4n) is 1.33. The lowest BCUT2D eigenvalue weighted by atomic mass is 10.0. The molecule has 98 valence electrons. The van der Waals surface area contributed by atoms with Gasteiger partial charge in [-0.3, -0.25) is 4.79 Å². The molecule has 4 N–H and O–H groups in total. The third-order valence-corrected chi connectivity index (χ3v) is 2.73. The molecule has 0 bridgehead atoms. The largest absolute Gasteiger partial charge is 0.478 e. The standard InChI is InChI=1S/C12H15ClN2O3/c1-6(2)10(14)11(16)15-9-5-7(13)3-4-8(9)12(17)18/h3-6,10H,14H2,1-2H3,(H,15,16)(H,17,18)/t10-/m0/s1. The number of nitrogens with two attached hydrogens (primary N) is 1. The quantitative estimate of drug-likeness (QED) is 0.780. The first-order valence-corrected chi connectivity index (χ1v) is 5.80. The summed E-state index contributed by atoms with van der Waals surface area (Å²) in [6.45, 7) is 3.61.